The molecule has 0 aliphatic heterocycles. The molecule has 0 spiro atoms. The van der Waals surface area contributed by atoms with Crippen LogP contribution < -0.4 is 10.1 Å². The van der Waals surface area contributed by atoms with Crippen molar-refractivity contribution in [2.45, 2.75) is 52.1 Å². The number of fused-ring (bicyclic) bond motifs is 1. The van der Waals surface area contributed by atoms with Crippen molar-refractivity contribution >= 4 is 22.5 Å². The summed E-state index contributed by atoms with van der Waals surface area (Å²) < 4.78 is 11.3. The van der Waals surface area contributed by atoms with Gasteiger partial charge in [0.25, 0.3) is 5.91 Å². The van der Waals surface area contributed by atoms with Crippen LogP contribution in [0.3, 0.4) is 0 Å². The number of anilines is 1. The van der Waals surface area contributed by atoms with E-state index >= 15 is 0 Å². The Kier molecular flexibility index (Phi) is 6.76. The summed E-state index contributed by atoms with van der Waals surface area (Å²) in [4.78, 5) is 17.2. The molecule has 25 heavy (non-hydrogen) atoms. The number of carbonyl (C=O) groups excluding carboxylic acids is 1. The standard InChI is InChI=1S/C20H28N2O3/c1-5-7-12-20(3,24-4)19(23)22-16-10-11-17(25-14-6-2)18-15(16)9-8-13-21-18/h8-11,13H,5-7,12,14H2,1-4H3,(H,22,23)/t20-/m1/s1. The number of ether oxygens (including phenoxy) is 2. The number of pyridine rings is 1. The highest BCUT2D eigenvalue weighted by atomic mass is 16.5. The fraction of sp³-hybridized carbons (Fsp3) is 0.500. The minimum absolute atomic E-state index is 0.143. The van der Waals surface area contributed by atoms with E-state index in [1.807, 2.05) is 31.2 Å². The zero-order valence-corrected chi connectivity index (χ0v) is 15.6. The molecule has 5 heteroatoms. The van der Waals surface area contributed by atoms with Crippen molar-refractivity contribution in [3.05, 3.63) is 30.5 Å². The largest absolute Gasteiger partial charge is 0.491 e. The van der Waals surface area contributed by atoms with Gasteiger partial charge in [0.1, 0.15) is 16.9 Å². The van der Waals surface area contributed by atoms with Crippen molar-refractivity contribution in [3.63, 3.8) is 0 Å². The third-order valence-electron chi connectivity index (χ3n) is 4.38. The molecule has 5 nitrogen and oxygen atoms in total. The Balaban J connectivity index is 2.30. The number of benzene rings is 1. The minimum atomic E-state index is -0.845. The predicted molar refractivity (Wildman–Crippen MR) is 101 cm³/mol. The van der Waals surface area contributed by atoms with Crippen LogP contribution in [0, 0.1) is 0 Å². The molecule has 1 heterocycles. The van der Waals surface area contributed by atoms with Gasteiger partial charge in [-0.3, -0.25) is 9.78 Å². The average molecular weight is 344 g/mol. The maximum atomic E-state index is 12.8. The second-order valence-electron chi connectivity index (χ2n) is 6.35. The smallest absolute Gasteiger partial charge is 0.256 e. The number of amides is 1. The van der Waals surface area contributed by atoms with Crippen molar-refractivity contribution in [1.29, 1.82) is 0 Å². The number of hydrogen-bond acceptors (Lipinski definition) is 4. The molecule has 136 valence electrons. The van der Waals surface area contributed by atoms with Crippen LogP contribution in [0.2, 0.25) is 0 Å². The molecular weight excluding hydrogens is 316 g/mol. The number of hydrogen-bond donors (Lipinski definition) is 1. The predicted octanol–water partition coefficient (Wildman–Crippen LogP) is 4.56. The van der Waals surface area contributed by atoms with E-state index in [9.17, 15) is 4.79 Å². The highest BCUT2D eigenvalue weighted by Gasteiger charge is 2.32. The van der Waals surface area contributed by atoms with Crippen LogP contribution >= 0.6 is 0 Å². The quantitative estimate of drug-likeness (QED) is 0.724. The molecule has 2 rings (SSSR count). The van der Waals surface area contributed by atoms with E-state index in [0.29, 0.717) is 13.0 Å². The van der Waals surface area contributed by atoms with Gasteiger partial charge < -0.3 is 14.8 Å². The fourth-order valence-electron chi connectivity index (χ4n) is 2.66. The SMILES string of the molecule is CCCC[C@@](C)(OC)C(=O)Nc1ccc(OCCC)c2ncccc12. The first-order chi connectivity index (χ1) is 12.1. The lowest BCUT2D eigenvalue weighted by Gasteiger charge is -2.27. The highest BCUT2D eigenvalue weighted by molar-refractivity contribution is 6.05. The van der Waals surface area contributed by atoms with Crippen LogP contribution in [-0.2, 0) is 9.53 Å². The van der Waals surface area contributed by atoms with Gasteiger partial charge in [-0.05, 0) is 44.0 Å². The Morgan fingerprint density at radius 1 is 1.24 bits per heavy atom. The maximum Gasteiger partial charge on any atom is 0.256 e. The zero-order chi connectivity index (χ0) is 18.3. The average Bonchev–Trinajstić information content (AvgIpc) is 2.65. The molecule has 0 aliphatic carbocycles. The van der Waals surface area contributed by atoms with Crippen molar-refractivity contribution in [2.75, 3.05) is 19.0 Å². The van der Waals surface area contributed by atoms with Crippen molar-refractivity contribution < 1.29 is 14.3 Å². The van der Waals surface area contributed by atoms with Crippen molar-refractivity contribution in [1.82, 2.24) is 4.98 Å². The summed E-state index contributed by atoms with van der Waals surface area (Å²) in [6.45, 7) is 6.63. The van der Waals surface area contributed by atoms with Crippen LogP contribution in [-0.4, -0.2) is 30.2 Å². The van der Waals surface area contributed by atoms with Gasteiger partial charge in [-0.25, -0.2) is 0 Å². The van der Waals surface area contributed by atoms with E-state index < -0.39 is 5.60 Å². The van der Waals surface area contributed by atoms with Crippen molar-refractivity contribution in [3.8, 4) is 5.75 Å². The van der Waals surface area contributed by atoms with E-state index in [2.05, 4.69) is 24.1 Å². The summed E-state index contributed by atoms with van der Waals surface area (Å²) in [6.07, 6.45) is 5.29. The summed E-state index contributed by atoms with van der Waals surface area (Å²) in [5, 5.41) is 3.87. The number of aromatic nitrogens is 1. The van der Waals surface area contributed by atoms with E-state index in [-0.39, 0.29) is 5.91 Å². The van der Waals surface area contributed by atoms with Crippen LogP contribution in [0.25, 0.3) is 10.9 Å². The van der Waals surface area contributed by atoms with Gasteiger partial charge >= 0.3 is 0 Å². The third-order valence-corrected chi connectivity index (χ3v) is 4.38. The molecule has 0 radical (unpaired) electrons. The van der Waals surface area contributed by atoms with E-state index in [1.54, 1.807) is 13.3 Å². The van der Waals surface area contributed by atoms with E-state index in [1.165, 1.54) is 0 Å². The molecule has 0 saturated heterocycles. The second-order valence-corrected chi connectivity index (χ2v) is 6.35. The molecule has 0 saturated carbocycles. The molecule has 1 aromatic carbocycles. The van der Waals surface area contributed by atoms with Gasteiger partial charge in [0, 0.05) is 18.7 Å². The van der Waals surface area contributed by atoms with Crippen LogP contribution in [0.4, 0.5) is 5.69 Å². The highest BCUT2D eigenvalue weighted by Crippen LogP contribution is 2.31. The molecule has 2 aromatic rings. The summed E-state index contributed by atoms with van der Waals surface area (Å²) in [5.74, 6) is 0.590. The molecule has 0 fully saturated rings. The Morgan fingerprint density at radius 3 is 2.72 bits per heavy atom. The van der Waals surface area contributed by atoms with Gasteiger partial charge in [0.2, 0.25) is 0 Å². The van der Waals surface area contributed by atoms with Gasteiger partial charge in [-0.2, -0.15) is 0 Å². The monoisotopic (exact) mass is 344 g/mol. The molecule has 0 unspecified atom stereocenters. The molecule has 1 amide bonds. The number of unbranched alkanes of at least 4 members (excludes halogenated alkanes) is 1. The molecular formula is C20H28N2O3. The second kappa shape index (κ2) is 8.81. The van der Waals surface area contributed by atoms with E-state index in [4.69, 9.17) is 9.47 Å². The molecule has 1 aromatic heterocycles. The van der Waals surface area contributed by atoms with Crippen LogP contribution in [0.15, 0.2) is 30.5 Å². The lowest BCUT2D eigenvalue weighted by atomic mass is 9.97. The summed E-state index contributed by atoms with van der Waals surface area (Å²) in [7, 11) is 1.58. The Bertz CT molecular complexity index is 717. The van der Waals surface area contributed by atoms with Crippen molar-refractivity contribution in [2.24, 2.45) is 0 Å². The normalized spacial score (nSPS) is 13.4. The first-order valence-corrected chi connectivity index (χ1v) is 8.92. The Morgan fingerprint density at radius 2 is 2.04 bits per heavy atom. The lowest BCUT2D eigenvalue weighted by Crippen LogP contribution is -2.42. The molecule has 0 bridgehead atoms. The number of carbonyl (C=O) groups is 1. The topological polar surface area (TPSA) is 60.5 Å². The number of nitrogens with zero attached hydrogens (tertiary/aromatic N) is 1. The molecule has 1 atom stereocenters. The first kappa shape index (κ1) is 19.2. The maximum absolute atomic E-state index is 12.8. The fourth-order valence-corrected chi connectivity index (χ4v) is 2.66. The van der Waals surface area contributed by atoms with Crippen LogP contribution in [0.1, 0.15) is 46.5 Å². The summed E-state index contributed by atoms with van der Waals surface area (Å²) >= 11 is 0. The van der Waals surface area contributed by atoms with Gasteiger partial charge in [-0.1, -0.05) is 26.7 Å². The minimum Gasteiger partial charge on any atom is -0.491 e. The first-order valence-electron chi connectivity index (χ1n) is 8.92. The third kappa shape index (κ3) is 4.48. The number of rotatable bonds is 9. The Hall–Kier alpha value is -2.14. The van der Waals surface area contributed by atoms with Crippen LogP contribution in [0.5, 0.6) is 5.75 Å². The Labute approximate surface area is 149 Å². The number of methoxy groups -OCH3 is 1. The van der Waals surface area contributed by atoms with Gasteiger partial charge in [0.05, 0.1) is 12.3 Å². The zero-order valence-electron chi connectivity index (χ0n) is 15.6. The van der Waals surface area contributed by atoms with Gasteiger partial charge in [0.15, 0.2) is 0 Å². The lowest BCUT2D eigenvalue weighted by molar-refractivity contribution is -0.136. The number of nitrogens with one attached hydrogen (secondary N) is 1. The van der Waals surface area contributed by atoms with E-state index in [0.717, 1.165) is 41.6 Å². The molecule has 1 N–H and O–H groups in total. The summed E-state index contributed by atoms with van der Waals surface area (Å²) in [5.41, 5.74) is 0.625. The molecule has 0 aliphatic rings. The van der Waals surface area contributed by atoms with Gasteiger partial charge in [-0.15, -0.1) is 0 Å². The summed E-state index contributed by atoms with van der Waals surface area (Å²) in [6, 6.07) is 7.51.